The fourth-order valence-corrected chi connectivity index (χ4v) is 2.31. The first-order valence-corrected chi connectivity index (χ1v) is 7.39. The van der Waals surface area contributed by atoms with E-state index in [2.05, 4.69) is 29.2 Å². The number of nitrogens with two attached hydrogens (primary N) is 1. The number of amides is 1. The quantitative estimate of drug-likeness (QED) is 0.834. The number of hydrogen-bond donors (Lipinski definition) is 1. The minimum absolute atomic E-state index is 0.449. The molecule has 0 unspecified atom stereocenters. The third kappa shape index (κ3) is 4.69. The normalized spacial score (nSPS) is 11.1. The molecule has 0 spiro atoms. The van der Waals surface area contributed by atoms with Gasteiger partial charge >= 0.3 is 0 Å². The number of ether oxygens (including phenoxy) is 1. The number of hydrogen-bond acceptors (Lipinski definition) is 3. The summed E-state index contributed by atoms with van der Waals surface area (Å²) in [6.45, 7) is 0.911. The van der Waals surface area contributed by atoms with Crippen LogP contribution in [-0.2, 0) is 6.54 Å². The molecule has 2 aromatic carbocycles. The third-order valence-corrected chi connectivity index (χ3v) is 3.46. The van der Waals surface area contributed by atoms with Gasteiger partial charge in [0.15, 0.2) is 0 Å². The Morgan fingerprint density at radius 2 is 1.83 bits per heavy atom. The van der Waals surface area contributed by atoms with Gasteiger partial charge in [-0.2, -0.15) is 0 Å². The Balaban J connectivity index is 2.21. The molecule has 4 nitrogen and oxygen atoms in total. The average molecular weight is 310 g/mol. The van der Waals surface area contributed by atoms with E-state index in [4.69, 9.17) is 10.5 Å². The van der Waals surface area contributed by atoms with Crippen LogP contribution in [0.2, 0.25) is 0 Å². The zero-order valence-electron chi connectivity index (χ0n) is 13.7. The second-order valence-electron chi connectivity index (χ2n) is 5.63. The van der Waals surface area contributed by atoms with Crippen molar-refractivity contribution in [3.63, 3.8) is 0 Å². The summed E-state index contributed by atoms with van der Waals surface area (Å²) in [6, 6.07) is 13.6. The minimum Gasteiger partial charge on any atom is -0.497 e. The fourth-order valence-electron chi connectivity index (χ4n) is 2.31. The van der Waals surface area contributed by atoms with Crippen molar-refractivity contribution >= 4 is 18.1 Å². The standard InChI is InChI=1S/C19H22N2O2/c1-21(2)13-15-6-4-14(5-7-15)8-9-16-10-11-17(23-3)12-18(16)19(20)22/h4-12H,13H2,1-3H3,(H2,20,22)/b9-8+. The second kappa shape index (κ2) is 7.61. The topological polar surface area (TPSA) is 55.6 Å². The van der Waals surface area contributed by atoms with Crippen LogP contribution in [0.5, 0.6) is 5.75 Å². The van der Waals surface area contributed by atoms with Gasteiger partial charge in [0.1, 0.15) is 5.75 Å². The van der Waals surface area contributed by atoms with Gasteiger partial charge < -0.3 is 15.4 Å². The highest BCUT2D eigenvalue weighted by Gasteiger charge is 2.07. The lowest BCUT2D eigenvalue weighted by molar-refractivity contribution is 0.1000. The summed E-state index contributed by atoms with van der Waals surface area (Å²) >= 11 is 0. The van der Waals surface area contributed by atoms with Gasteiger partial charge in [0.2, 0.25) is 5.91 Å². The average Bonchev–Trinajstić information content (AvgIpc) is 2.53. The Hall–Kier alpha value is -2.59. The molecule has 0 aliphatic carbocycles. The van der Waals surface area contributed by atoms with E-state index in [0.717, 1.165) is 17.7 Å². The Kier molecular flexibility index (Phi) is 5.55. The molecule has 2 rings (SSSR count). The molecule has 0 aliphatic heterocycles. The lowest BCUT2D eigenvalue weighted by Crippen LogP contribution is -2.12. The molecule has 0 fully saturated rings. The summed E-state index contributed by atoms with van der Waals surface area (Å²) in [4.78, 5) is 13.7. The molecular weight excluding hydrogens is 288 g/mol. The third-order valence-electron chi connectivity index (χ3n) is 3.46. The van der Waals surface area contributed by atoms with Gasteiger partial charge in [-0.1, -0.05) is 42.5 Å². The fraction of sp³-hybridized carbons (Fsp3) is 0.211. The van der Waals surface area contributed by atoms with Gasteiger partial charge in [-0.3, -0.25) is 4.79 Å². The molecule has 0 bridgehead atoms. The summed E-state index contributed by atoms with van der Waals surface area (Å²) in [5.74, 6) is 0.147. The van der Waals surface area contributed by atoms with Gasteiger partial charge in [0.25, 0.3) is 0 Å². The molecule has 0 saturated heterocycles. The maximum atomic E-state index is 11.6. The molecule has 4 heteroatoms. The monoisotopic (exact) mass is 310 g/mol. The highest BCUT2D eigenvalue weighted by molar-refractivity contribution is 5.98. The van der Waals surface area contributed by atoms with E-state index in [0.29, 0.717) is 11.3 Å². The molecule has 0 aromatic heterocycles. The van der Waals surface area contributed by atoms with Crippen molar-refractivity contribution < 1.29 is 9.53 Å². The Bertz CT molecular complexity index is 704. The van der Waals surface area contributed by atoms with Gasteiger partial charge in [-0.25, -0.2) is 0 Å². The smallest absolute Gasteiger partial charge is 0.249 e. The molecule has 120 valence electrons. The predicted octanol–water partition coefficient (Wildman–Crippen LogP) is 3.03. The second-order valence-corrected chi connectivity index (χ2v) is 5.63. The van der Waals surface area contributed by atoms with Crippen molar-refractivity contribution in [2.75, 3.05) is 21.2 Å². The SMILES string of the molecule is COc1ccc(/C=C/c2ccc(CN(C)C)cc2)c(C(N)=O)c1. The maximum absolute atomic E-state index is 11.6. The van der Waals surface area contributed by atoms with Crippen molar-refractivity contribution in [1.29, 1.82) is 0 Å². The molecule has 0 heterocycles. The van der Waals surface area contributed by atoms with Crippen LogP contribution in [0.1, 0.15) is 27.0 Å². The summed E-state index contributed by atoms with van der Waals surface area (Å²) < 4.78 is 5.13. The van der Waals surface area contributed by atoms with Crippen LogP contribution in [0.15, 0.2) is 42.5 Å². The zero-order chi connectivity index (χ0) is 16.8. The first-order chi connectivity index (χ1) is 11.0. The molecule has 0 aliphatic rings. The number of rotatable bonds is 6. The van der Waals surface area contributed by atoms with Crippen molar-refractivity contribution in [3.8, 4) is 5.75 Å². The highest BCUT2D eigenvalue weighted by atomic mass is 16.5. The first-order valence-electron chi connectivity index (χ1n) is 7.39. The Labute approximate surface area is 137 Å². The van der Waals surface area contributed by atoms with Gasteiger partial charge in [-0.15, -0.1) is 0 Å². The van der Waals surface area contributed by atoms with Crippen LogP contribution >= 0.6 is 0 Å². The van der Waals surface area contributed by atoms with Crippen molar-refractivity contribution in [3.05, 3.63) is 64.7 Å². The molecule has 0 atom stereocenters. The Morgan fingerprint density at radius 3 is 2.39 bits per heavy atom. The number of benzene rings is 2. The van der Waals surface area contributed by atoms with Crippen LogP contribution in [-0.4, -0.2) is 32.0 Å². The number of carbonyl (C=O) groups excluding carboxylic acids is 1. The largest absolute Gasteiger partial charge is 0.497 e. The predicted molar refractivity (Wildman–Crippen MR) is 94.3 cm³/mol. The molecule has 0 radical (unpaired) electrons. The molecule has 2 N–H and O–H groups in total. The molecular formula is C19H22N2O2. The minimum atomic E-state index is -0.468. The van der Waals surface area contributed by atoms with E-state index in [1.54, 1.807) is 13.2 Å². The Morgan fingerprint density at radius 1 is 1.13 bits per heavy atom. The highest BCUT2D eigenvalue weighted by Crippen LogP contribution is 2.20. The van der Waals surface area contributed by atoms with Crippen LogP contribution in [0.3, 0.4) is 0 Å². The number of primary amides is 1. The number of nitrogens with zero attached hydrogens (tertiary/aromatic N) is 1. The van der Waals surface area contributed by atoms with Gasteiger partial charge in [0.05, 0.1) is 7.11 Å². The number of methoxy groups -OCH3 is 1. The van der Waals surface area contributed by atoms with Crippen LogP contribution in [0.4, 0.5) is 0 Å². The lowest BCUT2D eigenvalue weighted by atomic mass is 10.0. The molecule has 1 amide bonds. The van der Waals surface area contributed by atoms with Crippen LogP contribution < -0.4 is 10.5 Å². The summed E-state index contributed by atoms with van der Waals surface area (Å²) in [5.41, 5.74) is 8.99. The summed E-state index contributed by atoms with van der Waals surface area (Å²) in [7, 11) is 5.65. The molecule has 2 aromatic rings. The summed E-state index contributed by atoms with van der Waals surface area (Å²) in [6.07, 6.45) is 3.86. The van der Waals surface area contributed by atoms with Crippen molar-refractivity contribution in [1.82, 2.24) is 4.90 Å². The van der Waals surface area contributed by atoms with E-state index in [-0.39, 0.29) is 0 Å². The lowest BCUT2D eigenvalue weighted by Gasteiger charge is -2.09. The van der Waals surface area contributed by atoms with Crippen molar-refractivity contribution in [2.24, 2.45) is 5.73 Å². The van der Waals surface area contributed by atoms with E-state index in [1.165, 1.54) is 5.56 Å². The van der Waals surface area contributed by atoms with E-state index in [9.17, 15) is 4.79 Å². The summed E-state index contributed by atoms with van der Waals surface area (Å²) in [5, 5.41) is 0. The van der Waals surface area contributed by atoms with E-state index >= 15 is 0 Å². The van der Waals surface area contributed by atoms with E-state index < -0.39 is 5.91 Å². The van der Waals surface area contributed by atoms with Gasteiger partial charge in [0, 0.05) is 12.1 Å². The maximum Gasteiger partial charge on any atom is 0.249 e. The van der Waals surface area contributed by atoms with E-state index in [1.807, 2.05) is 38.4 Å². The molecule has 23 heavy (non-hydrogen) atoms. The molecule has 0 saturated carbocycles. The number of carbonyl (C=O) groups is 1. The van der Waals surface area contributed by atoms with Crippen LogP contribution in [0, 0.1) is 0 Å². The zero-order valence-corrected chi connectivity index (χ0v) is 13.7. The van der Waals surface area contributed by atoms with Crippen LogP contribution in [0.25, 0.3) is 12.2 Å². The van der Waals surface area contributed by atoms with Crippen molar-refractivity contribution in [2.45, 2.75) is 6.54 Å². The first kappa shape index (κ1) is 16.8. The van der Waals surface area contributed by atoms with Gasteiger partial charge in [-0.05, 0) is 42.9 Å².